The minimum Gasteiger partial charge on any atom is -0.359 e. The number of rotatable bonds is 2. The lowest BCUT2D eigenvalue weighted by Gasteiger charge is -2.37. The third-order valence-electron chi connectivity index (χ3n) is 3.78. The highest BCUT2D eigenvalue weighted by atomic mass is 35.5. The molecule has 0 radical (unpaired) electrons. The number of aromatic amines is 1. The number of isocyanates is 1. The molecule has 0 unspecified atom stereocenters. The Labute approximate surface area is 110 Å². The van der Waals surface area contributed by atoms with Crippen LogP contribution < -0.4 is 0 Å². The van der Waals surface area contributed by atoms with Crippen molar-refractivity contribution >= 4 is 28.6 Å². The maximum atomic E-state index is 10.6. The van der Waals surface area contributed by atoms with E-state index in [1.165, 1.54) is 0 Å². The number of carbonyl (C=O) groups excluding carboxylic acids is 1. The van der Waals surface area contributed by atoms with Crippen molar-refractivity contribution in [3.8, 4) is 0 Å². The van der Waals surface area contributed by atoms with Gasteiger partial charge in [0.25, 0.3) is 0 Å². The zero-order valence-corrected chi connectivity index (χ0v) is 10.8. The number of nitrogens with one attached hydrogen (secondary N) is 1. The van der Waals surface area contributed by atoms with Gasteiger partial charge in [0.2, 0.25) is 6.08 Å². The van der Waals surface area contributed by atoms with Gasteiger partial charge in [-0.3, -0.25) is 0 Å². The average molecular weight is 261 g/mol. The molecule has 0 amide bonds. The van der Waals surface area contributed by atoms with Gasteiger partial charge in [0.05, 0.1) is 5.54 Å². The molecule has 1 N–H and O–H groups in total. The van der Waals surface area contributed by atoms with Crippen LogP contribution in [0.15, 0.2) is 23.2 Å². The van der Waals surface area contributed by atoms with E-state index in [2.05, 4.69) is 16.0 Å². The maximum Gasteiger partial charge on any atom is 0.235 e. The molecule has 1 aliphatic rings. The highest BCUT2D eigenvalue weighted by Crippen LogP contribution is 2.47. The molecule has 0 atom stereocenters. The fourth-order valence-corrected chi connectivity index (χ4v) is 3.04. The molecule has 1 aliphatic carbocycles. The van der Waals surface area contributed by atoms with Crippen LogP contribution in [0.5, 0.6) is 0 Å². The highest BCUT2D eigenvalue weighted by molar-refractivity contribution is 6.32. The molecule has 0 saturated heterocycles. The molecule has 3 nitrogen and oxygen atoms in total. The van der Waals surface area contributed by atoms with Crippen LogP contribution in [0.2, 0.25) is 5.02 Å². The molecule has 1 aromatic carbocycles. The number of halogens is 1. The lowest BCUT2D eigenvalue weighted by Crippen LogP contribution is -2.32. The summed E-state index contributed by atoms with van der Waals surface area (Å²) in [6.45, 7) is 2.01. The second kappa shape index (κ2) is 3.98. The topological polar surface area (TPSA) is 45.2 Å². The van der Waals surface area contributed by atoms with Crippen LogP contribution in [-0.4, -0.2) is 11.1 Å². The summed E-state index contributed by atoms with van der Waals surface area (Å²) >= 11 is 6.34. The smallest absolute Gasteiger partial charge is 0.235 e. The molecule has 1 heterocycles. The predicted molar refractivity (Wildman–Crippen MR) is 71.7 cm³/mol. The van der Waals surface area contributed by atoms with E-state index in [9.17, 15) is 4.79 Å². The van der Waals surface area contributed by atoms with Gasteiger partial charge in [0.15, 0.2) is 0 Å². The molecule has 92 valence electrons. The van der Waals surface area contributed by atoms with E-state index in [0.717, 1.165) is 41.4 Å². The summed E-state index contributed by atoms with van der Waals surface area (Å²) in [7, 11) is 0. The Morgan fingerprint density at radius 3 is 2.78 bits per heavy atom. The van der Waals surface area contributed by atoms with Gasteiger partial charge in [-0.25, -0.2) is 4.79 Å². The molecule has 2 aromatic rings. The molecule has 3 rings (SSSR count). The minimum atomic E-state index is -0.438. The zero-order chi connectivity index (χ0) is 12.8. The molecular formula is C14H13ClN2O. The molecule has 18 heavy (non-hydrogen) atoms. The summed E-state index contributed by atoms with van der Waals surface area (Å²) < 4.78 is 0. The Morgan fingerprint density at radius 2 is 2.17 bits per heavy atom. The standard InChI is InChI=1S/C14H13ClN2O/c1-9-5-10-6-12(15)11(7-13(10)17-9)14(16-8-18)3-2-4-14/h5-7,17H,2-4H2,1H3. The number of aromatic nitrogens is 1. The lowest BCUT2D eigenvalue weighted by atomic mass is 9.72. The fraction of sp³-hybridized carbons (Fsp3) is 0.357. The Morgan fingerprint density at radius 1 is 1.39 bits per heavy atom. The van der Waals surface area contributed by atoms with Crippen molar-refractivity contribution in [3.05, 3.63) is 34.5 Å². The van der Waals surface area contributed by atoms with Crippen molar-refractivity contribution in [3.63, 3.8) is 0 Å². The highest BCUT2D eigenvalue weighted by Gasteiger charge is 2.40. The Kier molecular flexibility index (Phi) is 2.54. The molecule has 0 spiro atoms. The lowest BCUT2D eigenvalue weighted by molar-refractivity contribution is 0.256. The first-order valence-corrected chi connectivity index (χ1v) is 6.41. The summed E-state index contributed by atoms with van der Waals surface area (Å²) in [4.78, 5) is 17.9. The first-order chi connectivity index (χ1) is 8.64. The molecule has 1 aromatic heterocycles. The van der Waals surface area contributed by atoms with Gasteiger partial charge in [-0.2, -0.15) is 4.99 Å². The van der Waals surface area contributed by atoms with Gasteiger partial charge in [0, 0.05) is 27.2 Å². The van der Waals surface area contributed by atoms with Gasteiger partial charge in [-0.15, -0.1) is 0 Å². The van der Waals surface area contributed by atoms with Gasteiger partial charge in [-0.05, 0) is 44.4 Å². The number of aliphatic imine (C=N–C) groups is 1. The monoisotopic (exact) mass is 260 g/mol. The Balaban J connectivity index is 2.21. The van der Waals surface area contributed by atoms with Crippen molar-refractivity contribution in [2.24, 2.45) is 4.99 Å². The van der Waals surface area contributed by atoms with Crippen molar-refractivity contribution in [2.75, 3.05) is 0 Å². The molecule has 4 heteroatoms. The van der Waals surface area contributed by atoms with E-state index in [4.69, 9.17) is 11.6 Å². The Bertz CT molecular complexity index is 664. The van der Waals surface area contributed by atoms with Crippen LogP contribution >= 0.6 is 11.6 Å². The van der Waals surface area contributed by atoms with Crippen LogP contribution in [-0.2, 0) is 10.3 Å². The van der Waals surface area contributed by atoms with Crippen LogP contribution in [0.4, 0.5) is 0 Å². The van der Waals surface area contributed by atoms with E-state index >= 15 is 0 Å². The van der Waals surface area contributed by atoms with Gasteiger partial charge in [0.1, 0.15) is 0 Å². The van der Waals surface area contributed by atoms with E-state index < -0.39 is 5.54 Å². The number of hydrogen-bond acceptors (Lipinski definition) is 2. The summed E-state index contributed by atoms with van der Waals surface area (Å²) in [5, 5.41) is 1.77. The van der Waals surface area contributed by atoms with Crippen molar-refractivity contribution in [1.29, 1.82) is 0 Å². The first kappa shape index (κ1) is 11.5. The summed E-state index contributed by atoms with van der Waals surface area (Å²) in [5.74, 6) is 0. The van der Waals surface area contributed by atoms with Crippen LogP contribution in [0.1, 0.15) is 30.5 Å². The van der Waals surface area contributed by atoms with Crippen LogP contribution in [0.3, 0.4) is 0 Å². The van der Waals surface area contributed by atoms with Crippen molar-refractivity contribution in [1.82, 2.24) is 4.98 Å². The summed E-state index contributed by atoms with van der Waals surface area (Å²) in [6.07, 6.45) is 4.50. The number of hydrogen-bond donors (Lipinski definition) is 1. The van der Waals surface area contributed by atoms with Gasteiger partial charge in [-0.1, -0.05) is 11.6 Å². The summed E-state index contributed by atoms with van der Waals surface area (Å²) in [6, 6.07) is 6.02. The largest absolute Gasteiger partial charge is 0.359 e. The fourth-order valence-electron chi connectivity index (χ4n) is 2.70. The van der Waals surface area contributed by atoms with E-state index in [-0.39, 0.29) is 0 Å². The maximum absolute atomic E-state index is 10.6. The molecule has 0 aliphatic heterocycles. The third kappa shape index (κ3) is 1.59. The first-order valence-electron chi connectivity index (χ1n) is 6.03. The van der Waals surface area contributed by atoms with Crippen molar-refractivity contribution in [2.45, 2.75) is 31.7 Å². The molecule has 1 fully saturated rings. The minimum absolute atomic E-state index is 0.438. The second-order valence-corrected chi connectivity index (χ2v) is 5.37. The molecular weight excluding hydrogens is 248 g/mol. The van der Waals surface area contributed by atoms with Crippen molar-refractivity contribution < 1.29 is 4.79 Å². The number of H-pyrrole nitrogens is 1. The average Bonchev–Trinajstić information content (AvgIpc) is 2.62. The van der Waals surface area contributed by atoms with E-state index in [1.54, 1.807) is 6.08 Å². The molecule has 1 saturated carbocycles. The second-order valence-electron chi connectivity index (χ2n) is 4.96. The third-order valence-corrected chi connectivity index (χ3v) is 4.10. The van der Waals surface area contributed by atoms with E-state index in [0.29, 0.717) is 5.02 Å². The Hall–Kier alpha value is -1.57. The number of aryl methyl sites for hydroxylation is 1. The zero-order valence-electron chi connectivity index (χ0n) is 10.1. The van der Waals surface area contributed by atoms with Gasteiger partial charge >= 0.3 is 0 Å². The van der Waals surface area contributed by atoms with Crippen LogP contribution in [0.25, 0.3) is 10.9 Å². The SMILES string of the molecule is Cc1cc2cc(Cl)c(C3(N=C=O)CCC3)cc2[nH]1. The number of benzene rings is 1. The number of nitrogens with zero attached hydrogens (tertiary/aromatic N) is 1. The number of fused-ring (bicyclic) bond motifs is 1. The van der Waals surface area contributed by atoms with Gasteiger partial charge < -0.3 is 4.98 Å². The quantitative estimate of drug-likeness (QED) is 0.647. The molecule has 0 bridgehead atoms. The van der Waals surface area contributed by atoms with E-state index in [1.807, 2.05) is 19.1 Å². The normalized spacial score (nSPS) is 17.2. The van der Waals surface area contributed by atoms with Crippen LogP contribution in [0, 0.1) is 6.92 Å². The predicted octanol–water partition coefficient (Wildman–Crippen LogP) is 3.84. The summed E-state index contributed by atoms with van der Waals surface area (Å²) in [5.41, 5.74) is 2.64.